The summed E-state index contributed by atoms with van der Waals surface area (Å²) in [6, 6.07) is 0. The Morgan fingerprint density at radius 1 is 1.11 bits per heavy atom. The van der Waals surface area contributed by atoms with Crippen molar-refractivity contribution in [3.8, 4) is 0 Å². The molecular weight excluding hydrogens is 334 g/mol. The molecule has 0 unspecified atom stereocenters. The van der Waals surface area contributed by atoms with Crippen molar-refractivity contribution in [2.24, 2.45) is 0 Å². The van der Waals surface area contributed by atoms with Crippen LogP contribution in [0.3, 0.4) is 0 Å². The van der Waals surface area contributed by atoms with Crippen LogP contribution < -0.4 is 10.2 Å². The van der Waals surface area contributed by atoms with Gasteiger partial charge in [-0.25, -0.2) is 9.97 Å². The summed E-state index contributed by atoms with van der Waals surface area (Å²) in [5.41, 5.74) is 3.60. The first-order valence-corrected chi connectivity index (χ1v) is 9.86. The summed E-state index contributed by atoms with van der Waals surface area (Å²) in [6.07, 6.45) is 10.7. The lowest BCUT2D eigenvalue weighted by atomic mass is 10.0. The number of fused-ring (bicyclic) bond motifs is 1. The molecule has 1 saturated heterocycles. The van der Waals surface area contributed by atoms with Crippen LogP contribution in [0.1, 0.15) is 36.8 Å². The van der Waals surface area contributed by atoms with E-state index in [1.807, 2.05) is 18.2 Å². The molecule has 1 aromatic rings. The van der Waals surface area contributed by atoms with Gasteiger partial charge >= 0.3 is 0 Å². The molecule has 0 amide bonds. The maximum atomic E-state index is 4.97. The van der Waals surface area contributed by atoms with E-state index in [0.29, 0.717) is 5.92 Å². The van der Waals surface area contributed by atoms with Gasteiger partial charge in [0.2, 0.25) is 0 Å². The standard InChI is InChI=1S/C22H31N5/c1-5-7-8-9-18(6-2)27-13-10-19-20(16-27)24-21(17(3)4)25-22(19)26-14-11-23-12-15-26/h5-9,17,23H,1-2,10-16H2,3-4H3/b8-7-,18-9+. The van der Waals surface area contributed by atoms with Gasteiger partial charge < -0.3 is 15.1 Å². The summed E-state index contributed by atoms with van der Waals surface area (Å²) in [6.45, 7) is 17.8. The van der Waals surface area contributed by atoms with Crippen LogP contribution in [0.4, 0.5) is 5.82 Å². The number of rotatable bonds is 6. The van der Waals surface area contributed by atoms with Crippen LogP contribution in [0.2, 0.25) is 0 Å². The Morgan fingerprint density at radius 3 is 2.56 bits per heavy atom. The van der Waals surface area contributed by atoms with E-state index in [4.69, 9.17) is 9.97 Å². The summed E-state index contributed by atoms with van der Waals surface area (Å²) in [5, 5.41) is 3.43. The van der Waals surface area contributed by atoms with Gasteiger partial charge in [-0.05, 0) is 18.6 Å². The zero-order valence-electron chi connectivity index (χ0n) is 16.6. The second-order valence-electron chi connectivity index (χ2n) is 7.31. The van der Waals surface area contributed by atoms with Crippen molar-refractivity contribution >= 4 is 5.82 Å². The summed E-state index contributed by atoms with van der Waals surface area (Å²) in [4.78, 5) is 14.7. The highest BCUT2D eigenvalue weighted by atomic mass is 15.2. The van der Waals surface area contributed by atoms with Gasteiger partial charge in [-0.15, -0.1) is 0 Å². The summed E-state index contributed by atoms with van der Waals surface area (Å²) in [7, 11) is 0. The Morgan fingerprint density at radius 2 is 1.89 bits per heavy atom. The topological polar surface area (TPSA) is 44.3 Å². The number of nitrogens with zero attached hydrogens (tertiary/aromatic N) is 4. The normalized spacial score (nSPS) is 18.1. The van der Waals surface area contributed by atoms with E-state index >= 15 is 0 Å². The van der Waals surface area contributed by atoms with Crippen molar-refractivity contribution in [3.05, 3.63) is 66.3 Å². The number of hydrogen-bond donors (Lipinski definition) is 1. The molecule has 1 N–H and O–H groups in total. The lowest BCUT2D eigenvalue weighted by molar-refractivity contribution is 0.325. The van der Waals surface area contributed by atoms with Gasteiger partial charge in [0, 0.05) is 49.9 Å². The van der Waals surface area contributed by atoms with Crippen LogP contribution in [0.5, 0.6) is 0 Å². The van der Waals surface area contributed by atoms with Crippen LogP contribution >= 0.6 is 0 Å². The van der Waals surface area contributed by atoms with Gasteiger partial charge in [0.05, 0.1) is 12.2 Å². The molecule has 3 rings (SSSR count). The molecule has 0 aromatic carbocycles. The average molecular weight is 366 g/mol. The minimum Gasteiger partial charge on any atom is -0.365 e. The molecule has 5 nitrogen and oxygen atoms in total. The molecule has 1 aromatic heterocycles. The van der Waals surface area contributed by atoms with Crippen molar-refractivity contribution in [1.29, 1.82) is 0 Å². The third-order valence-electron chi connectivity index (χ3n) is 5.08. The van der Waals surface area contributed by atoms with Crippen molar-refractivity contribution < 1.29 is 0 Å². The molecule has 144 valence electrons. The zero-order valence-corrected chi connectivity index (χ0v) is 16.6. The third-order valence-corrected chi connectivity index (χ3v) is 5.08. The number of aromatic nitrogens is 2. The molecule has 0 spiro atoms. The van der Waals surface area contributed by atoms with Crippen LogP contribution in [-0.2, 0) is 13.0 Å². The van der Waals surface area contributed by atoms with Crippen molar-refractivity contribution in [3.63, 3.8) is 0 Å². The summed E-state index contributed by atoms with van der Waals surface area (Å²) >= 11 is 0. The highest BCUT2D eigenvalue weighted by Crippen LogP contribution is 2.30. The Bertz CT molecular complexity index is 741. The van der Waals surface area contributed by atoms with E-state index < -0.39 is 0 Å². The SMILES string of the molecule is C=C/C=C\C=C(/C=C)N1CCc2c(nc(C(C)C)nc2N2CCNCC2)C1. The largest absolute Gasteiger partial charge is 0.365 e. The zero-order chi connectivity index (χ0) is 19.2. The second kappa shape index (κ2) is 9.00. The van der Waals surface area contributed by atoms with Gasteiger partial charge in [0.15, 0.2) is 0 Å². The molecule has 2 aliphatic heterocycles. The van der Waals surface area contributed by atoms with Gasteiger partial charge in [-0.3, -0.25) is 0 Å². The Kier molecular flexibility index (Phi) is 6.45. The van der Waals surface area contributed by atoms with E-state index in [0.717, 1.165) is 68.7 Å². The monoisotopic (exact) mass is 365 g/mol. The molecule has 2 aliphatic rings. The number of anilines is 1. The molecule has 0 bridgehead atoms. The van der Waals surface area contributed by atoms with Crippen LogP contribution in [0.15, 0.2) is 49.2 Å². The van der Waals surface area contributed by atoms with E-state index in [1.165, 1.54) is 5.56 Å². The van der Waals surface area contributed by atoms with Crippen molar-refractivity contribution in [2.75, 3.05) is 37.6 Å². The number of hydrogen-bond acceptors (Lipinski definition) is 5. The van der Waals surface area contributed by atoms with Gasteiger partial charge in [-0.2, -0.15) is 0 Å². The van der Waals surface area contributed by atoms with Crippen LogP contribution in [0.25, 0.3) is 0 Å². The Balaban J connectivity index is 1.93. The molecule has 3 heterocycles. The van der Waals surface area contributed by atoms with E-state index in [2.05, 4.69) is 48.2 Å². The predicted molar refractivity (Wildman–Crippen MR) is 113 cm³/mol. The average Bonchev–Trinajstić information content (AvgIpc) is 2.70. The smallest absolute Gasteiger partial charge is 0.136 e. The molecule has 27 heavy (non-hydrogen) atoms. The van der Waals surface area contributed by atoms with Gasteiger partial charge in [-0.1, -0.05) is 45.2 Å². The lowest BCUT2D eigenvalue weighted by Crippen LogP contribution is -2.45. The first kappa shape index (κ1) is 19.4. The molecule has 5 heteroatoms. The Labute approximate surface area is 163 Å². The fraction of sp³-hybridized carbons (Fsp3) is 0.455. The maximum Gasteiger partial charge on any atom is 0.136 e. The first-order valence-electron chi connectivity index (χ1n) is 9.86. The van der Waals surface area contributed by atoms with Gasteiger partial charge in [0.25, 0.3) is 0 Å². The quantitative estimate of drug-likeness (QED) is 0.785. The molecule has 0 saturated carbocycles. The molecular formula is C22H31N5. The fourth-order valence-electron chi connectivity index (χ4n) is 3.58. The number of nitrogens with one attached hydrogen (secondary N) is 1. The summed E-state index contributed by atoms with van der Waals surface area (Å²) in [5.74, 6) is 2.41. The van der Waals surface area contributed by atoms with Crippen LogP contribution in [-0.4, -0.2) is 47.6 Å². The molecule has 0 atom stereocenters. The van der Waals surface area contributed by atoms with E-state index in [9.17, 15) is 0 Å². The predicted octanol–water partition coefficient (Wildman–Crippen LogP) is 3.18. The van der Waals surface area contributed by atoms with E-state index in [-0.39, 0.29) is 0 Å². The Hall–Kier alpha value is -2.40. The summed E-state index contributed by atoms with van der Waals surface area (Å²) < 4.78 is 0. The van der Waals surface area contributed by atoms with Crippen molar-refractivity contribution in [1.82, 2.24) is 20.2 Å². The molecule has 0 radical (unpaired) electrons. The molecule has 0 aliphatic carbocycles. The minimum absolute atomic E-state index is 0.317. The van der Waals surface area contributed by atoms with Gasteiger partial charge in [0.1, 0.15) is 11.6 Å². The minimum atomic E-state index is 0.317. The highest BCUT2D eigenvalue weighted by molar-refractivity contribution is 5.51. The first-order chi connectivity index (χ1) is 13.1. The number of allylic oxidation sites excluding steroid dienone is 5. The molecule has 1 fully saturated rings. The fourth-order valence-corrected chi connectivity index (χ4v) is 3.58. The highest BCUT2D eigenvalue weighted by Gasteiger charge is 2.26. The maximum absolute atomic E-state index is 4.97. The second-order valence-corrected chi connectivity index (χ2v) is 7.31. The van der Waals surface area contributed by atoms with Crippen LogP contribution in [0, 0.1) is 0 Å². The van der Waals surface area contributed by atoms with E-state index in [1.54, 1.807) is 6.08 Å². The number of piperazine rings is 1. The van der Waals surface area contributed by atoms with Crippen molar-refractivity contribution in [2.45, 2.75) is 32.7 Å². The third kappa shape index (κ3) is 4.48. The lowest BCUT2D eigenvalue weighted by Gasteiger charge is -2.35.